The summed E-state index contributed by atoms with van der Waals surface area (Å²) in [6.07, 6.45) is 1.41. The van der Waals surface area contributed by atoms with Crippen LogP contribution in [0.5, 0.6) is 5.75 Å². The van der Waals surface area contributed by atoms with E-state index in [1.807, 2.05) is 18.2 Å². The number of carbonyl (C=O) groups is 1. The summed E-state index contributed by atoms with van der Waals surface area (Å²) in [5.74, 6) is 0.901. The summed E-state index contributed by atoms with van der Waals surface area (Å²) < 4.78 is 5.65. The molecule has 0 saturated carbocycles. The van der Waals surface area contributed by atoms with E-state index in [-0.39, 0.29) is 5.91 Å². The minimum Gasteiger partial charge on any atom is -0.493 e. The highest BCUT2D eigenvalue weighted by Crippen LogP contribution is 2.16. The third-order valence-electron chi connectivity index (χ3n) is 4.65. The van der Waals surface area contributed by atoms with Crippen molar-refractivity contribution >= 4 is 5.91 Å². The average molecular weight is 333 g/mol. The summed E-state index contributed by atoms with van der Waals surface area (Å²) >= 11 is 0. The summed E-state index contributed by atoms with van der Waals surface area (Å²) in [5.41, 5.74) is 2.46. The molecule has 1 saturated heterocycles. The molecule has 1 amide bonds. The SMILES string of the molecule is Cc1ccc(OCCC(=O)NCCCN2CCN(C)CC2)cc1C. The van der Waals surface area contributed by atoms with Crippen LogP contribution < -0.4 is 10.1 Å². The lowest BCUT2D eigenvalue weighted by atomic mass is 10.1. The number of nitrogens with zero attached hydrogens (tertiary/aromatic N) is 2. The van der Waals surface area contributed by atoms with E-state index in [9.17, 15) is 4.79 Å². The van der Waals surface area contributed by atoms with Crippen LogP contribution in [0.3, 0.4) is 0 Å². The molecule has 1 N–H and O–H groups in total. The fourth-order valence-corrected chi connectivity index (χ4v) is 2.76. The highest BCUT2D eigenvalue weighted by molar-refractivity contribution is 5.75. The lowest BCUT2D eigenvalue weighted by Gasteiger charge is -2.32. The van der Waals surface area contributed by atoms with Gasteiger partial charge in [0.2, 0.25) is 5.91 Å². The maximum atomic E-state index is 11.8. The van der Waals surface area contributed by atoms with E-state index in [0.29, 0.717) is 13.0 Å². The van der Waals surface area contributed by atoms with Crippen LogP contribution in [0.2, 0.25) is 0 Å². The van der Waals surface area contributed by atoms with Gasteiger partial charge in [0.1, 0.15) is 5.75 Å². The molecule has 0 aromatic heterocycles. The van der Waals surface area contributed by atoms with Crippen molar-refractivity contribution in [3.63, 3.8) is 0 Å². The van der Waals surface area contributed by atoms with Gasteiger partial charge in [-0.05, 0) is 57.1 Å². The Labute approximate surface area is 146 Å². The first-order valence-electron chi connectivity index (χ1n) is 8.92. The maximum absolute atomic E-state index is 11.8. The number of carbonyl (C=O) groups excluding carboxylic acids is 1. The zero-order chi connectivity index (χ0) is 17.4. The van der Waals surface area contributed by atoms with Gasteiger partial charge in [-0.15, -0.1) is 0 Å². The van der Waals surface area contributed by atoms with E-state index < -0.39 is 0 Å². The van der Waals surface area contributed by atoms with Crippen LogP contribution in [-0.4, -0.2) is 68.6 Å². The second-order valence-electron chi connectivity index (χ2n) is 6.69. The van der Waals surface area contributed by atoms with Crippen LogP contribution in [0, 0.1) is 13.8 Å². The molecule has 1 fully saturated rings. The Kier molecular flexibility index (Phi) is 7.53. The minimum absolute atomic E-state index is 0.0669. The van der Waals surface area contributed by atoms with Crippen LogP contribution in [0.1, 0.15) is 24.0 Å². The van der Waals surface area contributed by atoms with Gasteiger partial charge in [0, 0.05) is 32.7 Å². The van der Waals surface area contributed by atoms with E-state index >= 15 is 0 Å². The topological polar surface area (TPSA) is 44.8 Å². The average Bonchev–Trinajstić information content (AvgIpc) is 2.56. The first kappa shape index (κ1) is 18.7. The van der Waals surface area contributed by atoms with Crippen molar-refractivity contribution < 1.29 is 9.53 Å². The molecule has 0 spiro atoms. The number of hydrogen-bond acceptors (Lipinski definition) is 4. The molecule has 0 aliphatic carbocycles. The molecule has 134 valence electrons. The Morgan fingerprint density at radius 3 is 2.62 bits per heavy atom. The van der Waals surface area contributed by atoms with Crippen molar-refractivity contribution in [2.45, 2.75) is 26.7 Å². The van der Waals surface area contributed by atoms with Crippen LogP contribution >= 0.6 is 0 Å². The van der Waals surface area contributed by atoms with Crippen molar-refractivity contribution in [3.05, 3.63) is 29.3 Å². The number of ether oxygens (including phenoxy) is 1. The molecule has 0 radical (unpaired) electrons. The third-order valence-corrected chi connectivity index (χ3v) is 4.65. The maximum Gasteiger partial charge on any atom is 0.223 e. The Morgan fingerprint density at radius 2 is 1.92 bits per heavy atom. The zero-order valence-electron chi connectivity index (χ0n) is 15.3. The number of rotatable bonds is 8. The standard InChI is InChI=1S/C19H31N3O2/c1-16-5-6-18(15-17(16)2)24-14-7-19(23)20-8-4-9-22-12-10-21(3)11-13-22/h5-6,15H,4,7-14H2,1-3H3,(H,20,23). The molecule has 0 atom stereocenters. The molecule has 2 rings (SSSR count). The normalized spacial score (nSPS) is 16.1. The predicted molar refractivity (Wildman–Crippen MR) is 97.6 cm³/mol. The Balaban J connectivity index is 1.52. The molecular formula is C19H31N3O2. The Bertz CT molecular complexity index is 525. The van der Waals surface area contributed by atoms with Crippen molar-refractivity contribution in [1.29, 1.82) is 0 Å². The quantitative estimate of drug-likeness (QED) is 0.737. The van der Waals surface area contributed by atoms with E-state index in [2.05, 4.69) is 36.0 Å². The van der Waals surface area contributed by atoms with Gasteiger partial charge in [-0.1, -0.05) is 6.07 Å². The molecule has 1 aliphatic heterocycles. The Morgan fingerprint density at radius 1 is 1.17 bits per heavy atom. The van der Waals surface area contributed by atoms with Crippen molar-refractivity contribution in [2.75, 3.05) is 52.9 Å². The van der Waals surface area contributed by atoms with Gasteiger partial charge in [-0.3, -0.25) is 4.79 Å². The van der Waals surface area contributed by atoms with Crippen molar-refractivity contribution in [1.82, 2.24) is 15.1 Å². The van der Waals surface area contributed by atoms with E-state index in [0.717, 1.165) is 51.4 Å². The van der Waals surface area contributed by atoms with Crippen LogP contribution in [0.15, 0.2) is 18.2 Å². The highest BCUT2D eigenvalue weighted by atomic mass is 16.5. The largest absolute Gasteiger partial charge is 0.493 e. The van der Waals surface area contributed by atoms with E-state index in [1.165, 1.54) is 11.1 Å². The number of piperazine rings is 1. The number of likely N-dealkylation sites (N-methyl/N-ethyl adjacent to an activating group) is 1. The number of aryl methyl sites for hydroxylation is 2. The summed E-state index contributed by atoms with van der Waals surface area (Å²) in [4.78, 5) is 16.7. The van der Waals surface area contributed by atoms with Gasteiger partial charge in [0.05, 0.1) is 13.0 Å². The first-order valence-corrected chi connectivity index (χ1v) is 8.92. The lowest BCUT2D eigenvalue weighted by Crippen LogP contribution is -2.45. The monoisotopic (exact) mass is 333 g/mol. The van der Waals surface area contributed by atoms with E-state index in [1.54, 1.807) is 0 Å². The Hall–Kier alpha value is -1.59. The van der Waals surface area contributed by atoms with Crippen LogP contribution in [0.4, 0.5) is 0 Å². The molecule has 1 aromatic carbocycles. The van der Waals surface area contributed by atoms with E-state index in [4.69, 9.17) is 4.74 Å². The van der Waals surface area contributed by atoms with Crippen molar-refractivity contribution in [2.24, 2.45) is 0 Å². The molecule has 0 unspecified atom stereocenters. The molecule has 1 aliphatic rings. The molecular weight excluding hydrogens is 302 g/mol. The lowest BCUT2D eigenvalue weighted by molar-refractivity contribution is -0.121. The zero-order valence-corrected chi connectivity index (χ0v) is 15.3. The number of amides is 1. The van der Waals surface area contributed by atoms with Crippen LogP contribution in [-0.2, 0) is 4.79 Å². The van der Waals surface area contributed by atoms with Crippen LogP contribution in [0.25, 0.3) is 0 Å². The fourth-order valence-electron chi connectivity index (χ4n) is 2.76. The summed E-state index contributed by atoms with van der Waals surface area (Å²) in [5, 5.41) is 2.98. The smallest absolute Gasteiger partial charge is 0.223 e. The fraction of sp³-hybridized carbons (Fsp3) is 0.632. The minimum atomic E-state index is 0.0669. The summed E-state index contributed by atoms with van der Waals surface area (Å²) in [7, 11) is 2.16. The van der Waals surface area contributed by atoms with Gasteiger partial charge in [-0.25, -0.2) is 0 Å². The molecule has 0 bridgehead atoms. The van der Waals surface area contributed by atoms with Gasteiger partial charge in [0.15, 0.2) is 0 Å². The summed E-state index contributed by atoms with van der Waals surface area (Å²) in [6.45, 7) is 10.9. The van der Waals surface area contributed by atoms with Gasteiger partial charge in [0.25, 0.3) is 0 Å². The van der Waals surface area contributed by atoms with Crippen molar-refractivity contribution in [3.8, 4) is 5.75 Å². The predicted octanol–water partition coefficient (Wildman–Crippen LogP) is 1.83. The molecule has 1 aromatic rings. The van der Waals surface area contributed by atoms with Gasteiger partial charge < -0.3 is 19.9 Å². The molecule has 1 heterocycles. The van der Waals surface area contributed by atoms with Gasteiger partial charge in [-0.2, -0.15) is 0 Å². The second-order valence-corrected chi connectivity index (χ2v) is 6.69. The number of benzene rings is 1. The number of hydrogen-bond donors (Lipinski definition) is 1. The third kappa shape index (κ3) is 6.49. The molecule has 5 nitrogen and oxygen atoms in total. The highest BCUT2D eigenvalue weighted by Gasteiger charge is 2.12. The van der Waals surface area contributed by atoms with Gasteiger partial charge >= 0.3 is 0 Å². The first-order chi connectivity index (χ1) is 11.5. The molecule has 5 heteroatoms. The summed E-state index contributed by atoms with van der Waals surface area (Å²) in [6, 6.07) is 6.02. The second kappa shape index (κ2) is 9.64. The number of nitrogens with one attached hydrogen (secondary N) is 1. The molecule has 24 heavy (non-hydrogen) atoms.